The fourth-order valence-corrected chi connectivity index (χ4v) is 4.15. The molecule has 0 aliphatic heterocycles. The Morgan fingerprint density at radius 1 is 1.10 bits per heavy atom. The van der Waals surface area contributed by atoms with Gasteiger partial charge in [-0.15, -0.1) is 0 Å². The lowest BCUT2D eigenvalue weighted by molar-refractivity contribution is -0.118. The summed E-state index contributed by atoms with van der Waals surface area (Å²) in [4.78, 5) is 16.5. The van der Waals surface area contributed by atoms with Crippen molar-refractivity contribution in [3.63, 3.8) is 0 Å². The van der Waals surface area contributed by atoms with E-state index in [2.05, 4.69) is 4.98 Å². The molecule has 0 radical (unpaired) electrons. The largest absolute Gasteiger partial charge is 0.485 e. The number of aromatic nitrogens is 1. The predicted octanol–water partition coefficient (Wildman–Crippen LogP) is 3.99. The first-order valence-corrected chi connectivity index (χ1v) is 11.5. The molecule has 0 aliphatic carbocycles. The quantitative estimate of drug-likeness (QED) is 0.567. The molecule has 3 aromatic rings. The number of nitrogens with zero attached hydrogens (tertiary/aromatic N) is 1. The summed E-state index contributed by atoms with van der Waals surface area (Å²) in [6.07, 6.45) is 0.633. The molecule has 0 atom stereocenters. The van der Waals surface area contributed by atoms with Crippen LogP contribution < -0.4 is 9.88 Å². The Kier molecular flexibility index (Phi) is 6.67. The van der Waals surface area contributed by atoms with E-state index in [1.54, 1.807) is 12.1 Å². The van der Waals surface area contributed by atoms with E-state index in [9.17, 15) is 13.2 Å². The molecule has 1 aromatic heterocycles. The van der Waals surface area contributed by atoms with Gasteiger partial charge in [-0.05, 0) is 61.2 Å². The maximum Gasteiger partial charge on any atom is 0.216 e. The molecule has 0 fully saturated rings. The Morgan fingerprint density at radius 2 is 1.77 bits per heavy atom. The van der Waals surface area contributed by atoms with Crippen LogP contribution in [-0.2, 0) is 21.2 Å². The lowest BCUT2D eigenvalue weighted by Crippen LogP contribution is -2.26. The number of sulfonamides is 1. The number of primary sulfonamides is 1. The summed E-state index contributed by atoms with van der Waals surface area (Å²) in [5, 5.41) is 6.72. The summed E-state index contributed by atoms with van der Waals surface area (Å²) in [7, 11) is -3.91. The predicted molar refractivity (Wildman–Crippen MR) is 119 cm³/mol. The average molecular weight is 467 g/mol. The van der Waals surface area contributed by atoms with Crippen LogP contribution in [0, 0.1) is 13.8 Å². The molecule has 2 aromatic carbocycles. The smallest absolute Gasteiger partial charge is 0.216 e. The molecule has 158 valence electrons. The zero-order valence-electron chi connectivity index (χ0n) is 16.4. The van der Waals surface area contributed by atoms with E-state index < -0.39 is 28.2 Å². The number of hydrogen-bond acceptors (Lipinski definition) is 5. The molecular weight excluding hydrogens is 447 g/mol. The number of carbonyl (C=O) groups is 1. The van der Waals surface area contributed by atoms with E-state index in [4.69, 9.17) is 33.1 Å². The van der Waals surface area contributed by atoms with Gasteiger partial charge in [0, 0.05) is 16.1 Å². The third-order valence-corrected chi connectivity index (χ3v) is 5.96. The minimum atomic E-state index is -3.91. The van der Waals surface area contributed by atoms with Crippen molar-refractivity contribution in [2.45, 2.75) is 20.3 Å². The van der Waals surface area contributed by atoms with Crippen molar-refractivity contribution in [2.24, 2.45) is 5.14 Å². The summed E-state index contributed by atoms with van der Waals surface area (Å²) in [6, 6.07) is 10.8. The van der Waals surface area contributed by atoms with Crippen molar-refractivity contribution in [3.8, 4) is 5.75 Å². The van der Waals surface area contributed by atoms with E-state index in [-0.39, 0.29) is 0 Å². The van der Waals surface area contributed by atoms with Gasteiger partial charge < -0.3 is 4.74 Å². The van der Waals surface area contributed by atoms with Gasteiger partial charge in [-0.3, -0.25) is 9.78 Å². The number of halogens is 2. The maximum atomic E-state index is 11.9. The Hall–Kier alpha value is -2.19. The van der Waals surface area contributed by atoms with Crippen molar-refractivity contribution in [1.29, 1.82) is 0 Å². The molecule has 30 heavy (non-hydrogen) atoms. The Labute approximate surface area is 185 Å². The van der Waals surface area contributed by atoms with Crippen LogP contribution in [0.15, 0.2) is 36.4 Å². The van der Waals surface area contributed by atoms with Crippen molar-refractivity contribution < 1.29 is 17.9 Å². The fraction of sp³-hybridized carbons (Fsp3) is 0.238. The molecule has 3 rings (SSSR count). The molecule has 6 nitrogen and oxygen atoms in total. The molecule has 0 amide bonds. The zero-order valence-corrected chi connectivity index (χ0v) is 18.7. The highest BCUT2D eigenvalue weighted by atomic mass is 35.5. The monoisotopic (exact) mass is 466 g/mol. The number of fused-ring (bicyclic) bond motifs is 1. The Balaban J connectivity index is 2.01. The number of ether oxygens (including phenoxy) is 1. The highest BCUT2D eigenvalue weighted by Gasteiger charge is 2.18. The van der Waals surface area contributed by atoms with Gasteiger partial charge in [-0.2, -0.15) is 0 Å². The summed E-state index contributed by atoms with van der Waals surface area (Å²) in [5.74, 6) is -1.02. The molecule has 9 heteroatoms. The first kappa shape index (κ1) is 22.5. The van der Waals surface area contributed by atoms with E-state index in [0.717, 1.165) is 22.4 Å². The number of benzene rings is 2. The number of rotatable bonds is 7. The number of nitrogens with two attached hydrogens (primary N) is 1. The van der Waals surface area contributed by atoms with Crippen LogP contribution in [-0.4, -0.2) is 31.5 Å². The van der Waals surface area contributed by atoms with Gasteiger partial charge in [0.2, 0.25) is 10.0 Å². The van der Waals surface area contributed by atoms with Gasteiger partial charge in [0.1, 0.15) is 18.1 Å². The number of hydrogen-bond donors (Lipinski definition) is 1. The summed E-state index contributed by atoms with van der Waals surface area (Å²) in [6.45, 7) is 3.43. The molecule has 1 heterocycles. The maximum absolute atomic E-state index is 11.9. The van der Waals surface area contributed by atoms with Crippen molar-refractivity contribution in [2.75, 3.05) is 12.4 Å². The third kappa shape index (κ3) is 5.29. The van der Waals surface area contributed by atoms with E-state index in [1.807, 2.05) is 38.1 Å². The van der Waals surface area contributed by atoms with Gasteiger partial charge in [-0.1, -0.05) is 35.3 Å². The molecule has 0 spiro atoms. The molecule has 0 bridgehead atoms. The standard InChI is InChI=1S/C21H20Cl2N2O4S/c1-12-17(9-14-3-5-15(22)6-4-14)13(2)25-21-18(23)7-8-19(20(12)21)29-10-16(26)11-30(24,27)28/h3-8H,9-11H2,1-2H3,(H2,24,27,28). The van der Waals surface area contributed by atoms with E-state index in [1.165, 1.54) is 0 Å². The van der Waals surface area contributed by atoms with Crippen LogP contribution >= 0.6 is 23.2 Å². The number of carbonyl (C=O) groups excluding carboxylic acids is 1. The Morgan fingerprint density at radius 3 is 2.40 bits per heavy atom. The molecule has 2 N–H and O–H groups in total. The number of aryl methyl sites for hydroxylation is 2. The number of pyridine rings is 1. The number of ketones is 1. The van der Waals surface area contributed by atoms with Gasteiger partial charge in [0.25, 0.3) is 0 Å². The van der Waals surface area contributed by atoms with Crippen LogP contribution in [0.3, 0.4) is 0 Å². The average Bonchev–Trinajstić information content (AvgIpc) is 2.65. The molecule has 0 unspecified atom stereocenters. The second kappa shape index (κ2) is 8.89. The lowest BCUT2D eigenvalue weighted by Gasteiger charge is -2.17. The summed E-state index contributed by atoms with van der Waals surface area (Å²) in [5.41, 5.74) is 4.39. The van der Waals surface area contributed by atoms with E-state index >= 15 is 0 Å². The second-order valence-corrected chi connectivity index (χ2v) is 9.47. The third-order valence-electron chi connectivity index (χ3n) is 4.68. The molecule has 0 aliphatic rings. The van der Waals surface area contributed by atoms with Crippen molar-refractivity contribution in [3.05, 3.63) is 68.8 Å². The lowest BCUT2D eigenvalue weighted by atomic mass is 9.96. The van der Waals surface area contributed by atoms with Crippen molar-refractivity contribution >= 4 is 49.9 Å². The van der Waals surface area contributed by atoms with Crippen LogP contribution in [0.2, 0.25) is 10.0 Å². The normalized spacial score (nSPS) is 11.6. The van der Waals surface area contributed by atoms with Gasteiger partial charge in [0.05, 0.1) is 10.5 Å². The van der Waals surface area contributed by atoms with Crippen LogP contribution in [0.5, 0.6) is 5.75 Å². The SMILES string of the molecule is Cc1nc2c(Cl)ccc(OCC(=O)CS(N)(=O)=O)c2c(C)c1Cc1ccc(Cl)cc1. The summed E-state index contributed by atoms with van der Waals surface area (Å²) >= 11 is 12.3. The Bertz CT molecular complexity index is 1230. The number of Topliss-reactive ketones (excluding diaryl/α,β-unsaturated/α-hetero) is 1. The highest BCUT2D eigenvalue weighted by molar-refractivity contribution is 7.89. The van der Waals surface area contributed by atoms with Crippen LogP contribution in [0.1, 0.15) is 22.4 Å². The topological polar surface area (TPSA) is 99.3 Å². The highest BCUT2D eigenvalue weighted by Crippen LogP contribution is 2.36. The van der Waals surface area contributed by atoms with Gasteiger partial charge in [0.15, 0.2) is 5.78 Å². The molecule has 0 saturated heterocycles. The van der Waals surface area contributed by atoms with E-state index in [0.29, 0.717) is 33.1 Å². The first-order valence-electron chi connectivity index (χ1n) is 9.03. The van der Waals surface area contributed by atoms with Crippen LogP contribution in [0.4, 0.5) is 0 Å². The van der Waals surface area contributed by atoms with Gasteiger partial charge in [-0.25, -0.2) is 13.6 Å². The van der Waals surface area contributed by atoms with Crippen molar-refractivity contribution in [1.82, 2.24) is 4.98 Å². The van der Waals surface area contributed by atoms with Gasteiger partial charge >= 0.3 is 0 Å². The van der Waals surface area contributed by atoms with Crippen LogP contribution in [0.25, 0.3) is 10.9 Å². The zero-order chi connectivity index (χ0) is 22.1. The minimum Gasteiger partial charge on any atom is -0.485 e. The molecular formula is C21H20Cl2N2O4S. The fourth-order valence-electron chi connectivity index (χ4n) is 3.29. The summed E-state index contributed by atoms with van der Waals surface area (Å²) < 4.78 is 27.9. The molecule has 0 saturated carbocycles. The minimum absolute atomic E-state index is 0.402. The second-order valence-electron chi connectivity index (χ2n) is 7.01. The first-order chi connectivity index (χ1) is 14.0.